The Hall–Kier alpha value is -4.15. The Kier molecular flexibility index (Phi) is 6.00. The number of nitrogens with zero attached hydrogens (tertiary/aromatic N) is 5. The van der Waals surface area contributed by atoms with Crippen LogP contribution in [0.4, 0.5) is 19.0 Å². The second kappa shape index (κ2) is 9.43. The molecule has 3 aliphatic rings. The Balaban J connectivity index is 1.38. The summed E-state index contributed by atoms with van der Waals surface area (Å²) in [5, 5.41) is 7.61. The Morgan fingerprint density at radius 2 is 1.79 bits per heavy atom. The number of rotatable bonds is 8. The van der Waals surface area contributed by atoms with Crippen molar-refractivity contribution in [1.29, 1.82) is 0 Å². The van der Waals surface area contributed by atoms with Crippen molar-refractivity contribution in [3.8, 4) is 11.5 Å². The van der Waals surface area contributed by atoms with Crippen molar-refractivity contribution in [1.82, 2.24) is 24.7 Å². The van der Waals surface area contributed by atoms with Crippen LogP contribution in [-0.2, 0) is 16.8 Å². The number of nitrogens with one attached hydrogen (secondary N) is 1. The maximum absolute atomic E-state index is 14.8. The lowest BCUT2D eigenvalue weighted by Gasteiger charge is -2.20. The number of fused-ring (bicyclic) bond motifs is 2. The molecule has 0 saturated heterocycles. The first-order valence-electron chi connectivity index (χ1n) is 14.3. The fourth-order valence-electron chi connectivity index (χ4n) is 6.17. The van der Waals surface area contributed by atoms with Gasteiger partial charge in [-0.15, -0.1) is 0 Å². The number of hydrogen-bond donors (Lipinski definition) is 1. The molecule has 42 heavy (non-hydrogen) atoms. The van der Waals surface area contributed by atoms with Gasteiger partial charge in [0, 0.05) is 17.5 Å². The van der Waals surface area contributed by atoms with Crippen molar-refractivity contribution < 1.29 is 22.8 Å². The Labute approximate surface area is 239 Å². The van der Waals surface area contributed by atoms with E-state index in [-0.39, 0.29) is 63.6 Å². The van der Waals surface area contributed by atoms with E-state index in [1.54, 1.807) is 13.8 Å². The molecule has 8 nitrogen and oxygen atoms in total. The van der Waals surface area contributed by atoms with Crippen LogP contribution in [0.15, 0.2) is 24.3 Å². The molecule has 1 amide bonds. The highest BCUT2D eigenvalue weighted by atomic mass is 19.2. The number of halogens is 3. The van der Waals surface area contributed by atoms with Crippen LogP contribution < -0.4 is 5.32 Å². The normalized spacial score (nSPS) is 17.6. The first kappa shape index (κ1) is 26.7. The van der Waals surface area contributed by atoms with Gasteiger partial charge in [-0.3, -0.25) is 9.59 Å². The minimum atomic E-state index is -1.03. The maximum Gasteiger partial charge on any atom is 0.235 e. The van der Waals surface area contributed by atoms with Gasteiger partial charge in [-0.05, 0) is 76.3 Å². The quantitative estimate of drug-likeness (QED) is 0.263. The third-order valence-electron chi connectivity index (χ3n) is 8.89. The zero-order valence-electron chi connectivity index (χ0n) is 23.5. The van der Waals surface area contributed by atoms with Gasteiger partial charge in [0.25, 0.3) is 0 Å². The van der Waals surface area contributed by atoms with Gasteiger partial charge < -0.3 is 5.32 Å². The van der Waals surface area contributed by atoms with E-state index in [1.165, 1.54) is 29.8 Å². The zero-order valence-corrected chi connectivity index (χ0v) is 23.5. The van der Waals surface area contributed by atoms with Gasteiger partial charge in [-0.1, -0.05) is 12.1 Å². The number of pyridine rings is 1. The number of amides is 1. The molecule has 2 saturated carbocycles. The summed E-state index contributed by atoms with van der Waals surface area (Å²) >= 11 is 0. The fourth-order valence-corrected chi connectivity index (χ4v) is 6.17. The highest BCUT2D eigenvalue weighted by Gasteiger charge is 2.46. The molecule has 11 heteroatoms. The van der Waals surface area contributed by atoms with Crippen LogP contribution in [-0.4, -0.2) is 36.4 Å². The molecule has 216 valence electrons. The average Bonchev–Trinajstić information content (AvgIpc) is 3.88. The van der Waals surface area contributed by atoms with Gasteiger partial charge >= 0.3 is 0 Å². The number of aromatic nitrogens is 5. The zero-order chi connectivity index (χ0) is 29.5. The Morgan fingerprint density at radius 3 is 2.48 bits per heavy atom. The van der Waals surface area contributed by atoms with Gasteiger partial charge in [-0.2, -0.15) is 5.10 Å². The lowest BCUT2D eigenvalue weighted by atomic mass is 9.83. The van der Waals surface area contributed by atoms with Gasteiger partial charge in [0.1, 0.15) is 23.0 Å². The Bertz CT molecular complexity index is 1800. The molecular weight excluding hydrogens is 545 g/mol. The SMILES string of the molecule is Cc1nc2c(cc1F)c(-c1nc3c(c(C(=O)CC(C4CC4)C4CC4)n1)C(C)(C)C(=O)N3)nn2Cc1cccc(F)c1F. The Morgan fingerprint density at radius 1 is 1.07 bits per heavy atom. The summed E-state index contributed by atoms with van der Waals surface area (Å²) in [7, 11) is 0. The van der Waals surface area contributed by atoms with Crippen LogP contribution in [0, 0.1) is 42.1 Å². The van der Waals surface area contributed by atoms with E-state index < -0.39 is 22.9 Å². The molecule has 1 N–H and O–H groups in total. The third kappa shape index (κ3) is 4.37. The number of carbonyl (C=O) groups is 2. The van der Waals surface area contributed by atoms with E-state index in [0.717, 1.165) is 31.7 Å². The number of aryl methyl sites for hydroxylation is 1. The van der Waals surface area contributed by atoms with Gasteiger partial charge in [0.2, 0.25) is 5.91 Å². The van der Waals surface area contributed by atoms with Crippen LogP contribution in [0.5, 0.6) is 0 Å². The topological polar surface area (TPSA) is 103 Å². The van der Waals surface area contributed by atoms with Crippen LogP contribution >= 0.6 is 0 Å². The van der Waals surface area contributed by atoms with Crippen molar-refractivity contribution >= 4 is 28.5 Å². The van der Waals surface area contributed by atoms with E-state index in [0.29, 0.717) is 29.7 Å². The first-order valence-corrected chi connectivity index (χ1v) is 14.3. The van der Waals surface area contributed by atoms with Gasteiger partial charge in [0.15, 0.2) is 28.9 Å². The number of anilines is 1. The van der Waals surface area contributed by atoms with Crippen molar-refractivity contribution in [3.63, 3.8) is 0 Å². The van der Waals surface area contributed by atoms with Crippen molar-refractivity contribution in [2.75, 3.05) is 5.32 Å². The van der Waals surface area contributed by atoms with Crippen LogP contribution in [0.2, 0.25) is 0 Å². The summed E-state index contributed by atoms with van der Waals surface area (Å²) in [6.45, 7) is 4.76. The highest BCUT2D eigenvalue weighted by molar-refractivity contribution is 6.09. The second-order valence-electron chi connectivity index (χ2n) is 12.3. The molecule has 7 rings (SSSR count). The molecule has 0 unspecified atom stereocenters. The molecule has 3 aromatic heterocycles. The molecule has 0 radical (unpaired) electrons. The summed E-state index contributed by atoms with van der Waals surface area (Å²) < 4.78 is 44.7. The van der Waals surface area contributed by atoms with Crippen molar-refractivity contribution in [3.05, 3.63) is 64.2 Å². The number of Topliss-reactive ketones (excluding diaryl/α,β-unsaturated/α-hetero) is 1. The predicted molar refractivity (Wildman–Crippen MR) is 148 cm³/mol. The number of hydrogen-bond acceptors (Lipinski definition) is 6. The van der Waals surface area contributed by atoms with Crippen molar-refractivity contribution in [2.45, 2.75) is 64.8 Å². The van der Waals surface area contributed by atoms with E-state index in [2.05, 4.69) is 20.4 Å². The summed E-state index contributed by atoms with van der Waals surface area (Å²) in [5.74, 6) is -1.47. The predicted octanol–water partition coefficient (Wildman–Crippen LogP) is 5.90. The molecule has 1 aliphatic heterocycles. The van der Waals surface area contributed by atoms with E-state index in [1.807, 2.05) is 0 Å². The molecule has 4 aromatic rings. The average molecular weight is 575 g/mol. The summed E-state index contributed by atoms with van der Waals surface area (Å²) in [4.78, 5) is 40.5. The molecule has 0 spiro atoms. The summed E-state index contributed by atoms with van der Waals surface area (Å²) in [6.07, 6.45) is 4.84. The molecule has 2 aliphatic carbocycles. The third-order valence-corrected chi connectivity index (χ3v) is 8.89. The monoisotopic (exact) mass is 574 g/mol. The lowest BCUT2D eigenvalue weighted by Crippen LogP contribution is -2.29. The smallest absolute Gasteiger partial charge is 0.235 e. The summed E-state index contributed by atoms with van der Waals surface area (Å²) in [6, 6.07) is 5.09. The number of ketones is 1. The lowest BCUT2D eigenvalue weighted by molar-refractivity contribution is -0.119. The van der Waals surface area contributed by atoms with Crippen LogP contribution in [0.1, 0.15) is 73.3 Å². The molecular formula is C31H29F3N6O2. The first-order chi connectivity index (χ1) is 20.0. The van der Waals surface area contributed by atoms with E-state index >= 15 is 0 Å². The van der Waals surface area contributed by atoms with Gasteiger partial charge in [0.05, 0.1) is 23.0 Å². The molecule has 0 atom stereocenters. The molecule has 1 aromatic carbocycles. The van der Waals surface area contributed by atoms with E-state index in [4.69, 9.17) is 4.98 Å². The van der Waals surface area contributed by atoms with E-state index in [9.17, 15) is 22.8 Å². The second-order valence-corrected chi connectivity index (χ2v) is 12.3. The van der Waals surface area contributed by atoms with Crippen molar-refractivity contribution in [2.24, 2.45) is 17.8 Å². The largest absolute Gasteiger partial charge is 0.310 e. The summed E-state index contributed by atoms with van der Waals surface area (Å²) in [5.41, 5.74) is 0.0264. The minimum absolute atomic E-state index is 0.0120. The number of benzene rings is 1. The fraction of sp³-hybridized carbons (Fsp3) is 0.419. The van der Waals surface area contributed by atoms with Crippen LogP contribution in [0.3, 0.4) is 0 Å². The highest BCUT2D eigenvalue weighted by Crippen LogP contribution is 2.51. The van der Waals surface area contributed by atoms with Gasteiger partial charge in [-0.25, -0.2) is 32.8 Å². The molecule has 2 fully saturated rings. The maximum atomic E-state index is 14.8. The minimum Gasteiger partial charge on any atom is -0.310 e. The molecule has 0 bridgehead atoms. The standard InChI is InChI=1S/C31H29F3N6O2/c1-14-21(33)11-19-25(39-40(29(19)35-14)13-17-5-4-6-20(32)24(17)34)28-36-26(23-27(37-28)38-30(42)31(23,2)3)22(41)12-18(15-7-8-15)16-9-10-16/h4-6,11,15-16,18H,7-10,12-13H2,1-3H3,(H,36,37,38,42). The molecule has 4 heterocycles. The number of carbonyl (C=O) groups excluding carboxylic acids is 2. The van der Waals surface area contributed by atoms with Crippen LogP contribution in [0.25, 0.3) is 22.6 Å².